The fourth-order valence-electron chi connectivity index (χ4n) is 10.3. The van der Waals surface area contributed by atoms with Gasteiger partial charge in [-0.3, -0.25) is 9.59 Å². The molecule has 1 amide bonds. The van der Waals surface area contributed by atoms with Crippen LogP contribution in [0.1, 0.15) is 361 Å². The van der Waals surface area contributed by atoms with Gasteiger partial charge in [0.15, 0.2) is 0 Å². The predicted octanol–water partition coefficient (Wildman–Crippen LogP) is 21.1. The molecule has 0 radical (unpaired) electrons. The zero-order valence-corrected chi connectivity index (χ0v) is 49.8. The second-order valence-corrected chi connectivity index (χ2v) is 22.8. The zero-order chi connectivity index (χ0) is 53.6. The predicted molar refractivity (Wildman–Crippen MR) is 324 cm³/mol. The number of unbranched alkanes of at least 4 members (excludes halogenated alkanes) is 45. The Labute approximate surface area is 462 Å². The lowest BCUT2D eigenvalue weighted by Gasteiger charge is -2.22. The number of hydrogen-bond donors (Lipinski definition) is 3. The minimum atomic E-state index is -0.664. The molecule has 0 fully saturated rings. The summed E-state index contributed by atoms with van der Waals surface area (Å²) in [7, 11) is 0. The number of carbonyl (C=O) groups excluding carboxylic acids is 2. The van der Waals surface area contributed by atoms with Crippen molar-refractivity contribution in [2.24, 2.45) is 0 Å². The average Bonchev–Trinajstić information content (AvgIpc) is 3.40. The number of carbonyl (C=O) groups is 2. The third kappa shape index (κ3) is 59.3. The van der Waals surface area contributed by atoms with Crippen LogP contribution in [0.5, 0.6) is 0 Å². The first-order valence-corrected chi connectivity index (χ1v) is 33.2. The standard InChI is InChI=1S/C68H129NO5/c1-3-5-7-9-11-13-15-17-33-38-42-46-50-54-58-62-68(73)74-63-59-55-51-47-43-39-35-32-30-28-26-24-22-20-18-19-21-23-25-27-29-31-34-37-41-45-49-53-57-61-67(72)69-65(64-70)66(71)60-56-52-48-44-40-36-16-14-12-10-8-6-4-2/h17-18,20,24,26,33,65-66,70-71H,3-16,19,21-23,25,27-32,34-64H2,1-2H3,(H,69,72)/b20-18-,26-24-,33-17-. The second-order valence-electron chi connectivity index (χ2n) is 22.8. The second kappa shape index (κ2) is 63.6. The Morgan fingerprint density at radius 1 is 0.378 bits per heavy atom. The van der Waals surface area contributed by atoms with Crippen molar-refractivity contribution in [2.75, 3.05) is 13.2 Å². The fraction of sp³-hybridized carbons (Fsp3) is 0.882. The number of allylic oxidation sites excluding steroid dienone is 6. The highest BCUT2D eigenvalue weighted by Crippen LogP contribution is 2.18. The van der Waals surface area contributed by atoms with E-state index >= 15 is 0 Å². The van der Waals surface area contributed by atoms with E-state index in [9.17, 15) is 19.8 Å². The van der Waals surface area contributed by atoms with Gasteiger partial charge in [0.1, 0.15) is 0 Å². The highest BCUT2D eigenvalue weighted by atomic mass is 16.5. The number of hydrogen-bond acceptors (Lipinski definition) is 5. The van der Waals surface area contributed by atoms with Gasteiger partial charge in [0, 0.05) is 12.8 Å². The molecule has 0 aliphatic rings. The van der Waals surface area contributed by atoms with Gasteiger partial charge in [-0.2, -0.15) is 0 Å². The van der Waals surface area contributed by atoms with E-state index in [0.717, 1.165) is 51.4 Å². The van der Waals surface area contributed by atoms with Crippen LogP contribution in [-0.2, 0) is 14.3 Å². The van der Waals surface area contributed by atoms with Crippen molar-refractivity contribution in [3.8, 4) is 0 Å². The average molecular weight is 1040 g/mol. The van der Waals surface area contributed by atoms with Crippen molar-refractivity contribution in [2.45, 2.75) is 373 Å². The van der Waals surface area contributed by atoms with E-state index in [1.165, 1.54) is 276 Å². The first kappa shape index (κ1) is 72.1. The van der Waals surface area contributed by atoms with E-state index in [-0.39, 0.29) is 18.5 Å². The normalized spacial score (nSPS) is 12.8. The molecule has 0 aromatic carbocycles. The Balaban J connectivity index is 3.39. The molecule has 0 aliphatic heterocycles. The Morgan fingerprint density at radius 3 is 1.04 bits per heavy atom. The molecule has 6 nitrogen and oxygen atoms in total. The van der Waals surface area contributed by atoms with E-state index in [1.54, 1.807) is 0 Å². The van der Waals surface area contributed by atoms with Gasteiger partial charge in [-0.25, -0.2) is 0 Å². The summed E-state index contributed by atoms with van der Waals surface area (Å²) in [6.45, 7) is 4.96. The van der Waals surface area contributed by atoms with E-state index in [0.29, 0.717) is 25.9 Å². The van der Waals surface area contributed by atoms with Crippen LogP contribution in [0.15, 0.2) is 36.5 Å². The summed E-state index contributed by atoms with van der Waals surface area (Å²) in [5.41, 5.74) is 0. The molecule has 436 valence electrons. The zero-order valence-electron chi connectivity index (χ0n) is 49.8. The van der Waals surface area contributed by atoms with Crippen molar-refractivity contribution in [1.29, 1.82) is 0 Å². The lowest BCUT2D eigenvalue weighted by molar-refractivity contribution is -0.143. The van der Waals surface area contributed by atoms with Crippen LogP contribution in [0.4, 0.5) is 0 Å². The first-order chi connectivity index (χ1) is 36.5. The van der Waals surface area contributed by atoms with Gasteiger partial charge in [-0.15, -0.1) is 0 Å². The Bertz CT molecular complexity index is 1200. The van der Waals surface area contributed by atoms with Crippen molar-refractivity contribution >= 4 is 11.9 Å². The van der Waals surface area contributed by atoms with Crippen molar-refractivity contribution in [1.82, 2.24) is 5.32 Å². The van der Waals surface area contributed by atoms with E-state index < -0.39 is 12.1 Å². The molecule has 0 aromatic rings. The lowest BCUT2D eigenvalue weighted by atomic mass is 10.0. The van der Waals surface area contributed by atoms with Crippen molar-refractivity contribution < 1.29 is 24.5 Å². The van der Waals surface area contributed by atoms with E-state index in [1.807, 2.05) is 0 Å². The lowest BCUT2D eigenvalue weighted by Crippen LogP contribution is -2.45. The van der Waals surface area contributed by atoms with Gasteiger partial charge in [-0.1, -0.05) is 301 Å². The summed E-state index contributed by atoms with van der Waals surface area (Å²) in [5.74, 6) is -0.0307. The van der Waals surface area contributed by atoms with Gasteiger partial charge in [0.05, 0.1) is 25.4 Å². The highest BCUT2D eigenvalue weighted by Gasteiger charge is 2.20. The minimum Gasteiger partial charge on any atom is -0.466 e. The van der Waals surface area contributed by atoms with Crippen LogP contribution in [0.25, 0.3) is 0 Å². The summed E-state index contributed by atoms with van der Waals surface area (Å²) in [4.78, 5) is 24.5. The number of rotatable bonds is 62. The van der Waals surface area contributed by atoms with Crippen LogP contribution in [0.3, 0.4) is 0 Å². The molecule has 2 atom stereocenters. The molecule has 6 heteroatoms. The molecule has 0 heterocycles. The van der Waals surface area contributed by atoms with Gasteiger partial charge < -0.3 is 20.3 Å². The molecule has 74 heavy (non-hydrogen) atoms. The maximum atomic E-state index is 12.5. The SMILES string of the molecule is CCCCCCCC/C=C\CCCCCCCC(=O)OCCCCCCCCCCC/C=C\C/C=C\CCCCCCCCCCCCCCCC(=O)NC(CO)C(O)CCCCCCCCCCCCCCC. The summed E-state index contributed by atoms with van der Waals surface area (Å²) in [6.07, 6.45) is 80.3. The monoisotopic (exact) mass is 1040 g/mol. The topological polar surface area (TPSA) is 95.9 Å². The number of esters is 1. The summed E-state index contributed by atoms with van der Waals surface area (Å²) in [5, 5.41) is 23.3. The Morgan fingerprint density at radius 2 is 0.676 bits per heavy atom. The summed E-state index contributed by atoms with van der Waals surface area (Å²) < 4.78 is 5.48. The van der Waals surface area contributed by atoms with Crippen LogP contribution in [0.2, 0.25) is 0 Å². The third-order valence-corrected chi connectivity index (χ3v) is 15.4. The summed E-state index contributed by atoms with van der Waals surface area (Å²) in [6, 6.07) is -0.542. The number of amides is 1. The first-order valence-electron chi connectivity index (χ1n) is 33.2. The molecular weight excluding hydrogens is 911 g/mol. The van der Waals surface area contributed by atoms with Crippen LogP contribution >= 0.6 is 0 Å². The number of aliphatic hydroxyl groups is 2. The van der Waals surface area contributed by atoms with Crippen LogP contribution in [-0.4, -0.2) is 47.4 Å². The maximum Gasteiger partial charge on any atom is 0.305 e. The summed E-state index contributed by atoms with van der Waals surface area (Å²) >= 11 is 0. The van der Waals surface area contributed by atoms with E-state index in [2.05, 4.69) is 55.6 Å². The maximum absolute atomic E-state index is 12.5. The minimum absolute atomic E-state index is 0.00424. The third-order valence-electron chi connectivity index (χ3n) is 15.4. The molecule has 0 aromatic heterocycles. The number of nitrogens with one attached hydrogen (secondary N) is 1. The van der Waals surface area contributed by atoms with Gasteiger partial charge in [0.2, 0.25) is 5.91 Å². The highest BCUT2D eigenvalue weighted by molar-refractivity contribution is 5.76. The Hall–Kier alpha value is -1.92. The molecule has 3 N–H and O–H groups in total. The number of aliphatic hydroxyl groups excluding tert-OH is 2. The Kier molecular flexibility index (Phi) is 62.0. The molecular formula is C68H129NO5. The van der Waals surface area contributed by atoms with Crippen molar-refractivity contribution in [3.05, 3.63) is 36.5 Å². The number of ether oxygens (including phenoxy) is 1. The molecule has 0 saturated carbocycles. The molecule has 0 aliphatic carbocycles. The van der Waals surface area contributed by atoms with Gasteiger partial charge in [0.25, 0.3) is 0 Å². The van der Waals surface area contributed by atoms with Gasteiger partial charge in [-0.05, 0) is 83.5 Å². The molecule has 0 rings (SSSR count). The molecule has 2 unspecified atom stereocenters. The fourth-order valence-corrected chi connectivity index (χ4v) is 10.3. The largest absolute Gasteiger partial charge is 0.466 e. The van der Waals surface area contributed by atoms with Gasteiger partial charge >= 0.3 is 5.97 Å². The molecule has 0 saturated heterocycles. The van der Waals surface area contributed by atoms with Crippen LogP contribution in [0, 0.1) is 0 Å². The molecule has 0 bridgehead atoms. The molecule has 0 spiro atoms. The van der Waals surface area contributed by atoms with Crippen LogP contribution < -0.4 is 5.32 Å². The quantitative estimate of drug-likeness (QED) is 0.0320. The smallest absolute Gasteiger partial charge is 0.305 e. The van der Waals surface area contributed by atoms with Crippen molar-refractivity contribution in [3.63, 3.8) is 0 Å². The van der Waals surface area contributed by atoms with E-state index in [4.69, 9.17) is 4.74 Å².